The van der Waals surface area contributed by atoms with E-state index in [0.29, 0.717) is 6.42 Å². The molecule has 1 atom stereocenters. The summed E-state index contributed by atoms with van der Waals surface area (Å²) in [5.41, 5.74) is 0. The highest BCUT2D eigenvalue weighted by Crippen LogP contribution is 2.24. The Hall–Kier alpha value is -0.180. The third-order valence-electron chi connectivity index (χ3n) is 2.02. The summed E-state index contributed by atoms with van der Waals surface area (Å²) in [6, 6.07) is 0. The first kappa shape index (κ1) is 14.9. The van der Waals surface area contributed by atoms with Gasteiger partial charge in [0.25, 0.3) is 0 Å². The molecule has 1 unspecified atom stereocenters. The average molecular weight is 296 g/mol. The minimum Gasteiger partial charge on any atom is -0.609 e. The molecule has 0 radical (unpaired) electrons. The highest BCUT2D eigenvalue weighted by atomic mass is 32.3. The Balaban J connectivity index is 2.88. The summed E-state index contributed by atoms with van der Waals surface area (Å²) in [7, 11) is -3.35. The Kier molecular flexibility index (Phi) is 5.36. The zero-order valence-electron chi connectivity index (χ0n) is 10.0. The van der Waals surface area contributed by atoms with Gasteiger partial charge < -0.3 is 4.55 Å². The molecular weight excluding hydrogens is 280 g/mol. The molecule has 8 heteroatoms. The molecule has 0 aliphatic heterocycles. The third-order valence-corrected chi connectivity index (χ3v) is 7.01. The van der Waals surface area contributed by atoms with Crippen LogP contribution in [-0.2, 0) is 21.0 Å². The van der Waals surface area contributed by atoms with Crippen LogP contribution in [0.4, 0.5) is 0 Å². The fourth-order valence-corrected chi connectivity index (χ4v) is 5.17. The Morgan fingerprint density at radius 1 is 1.41 bits per heavy atom. The van der Waals surface area contributed by atoms with Crippen LogP contribution in [0.5, 0.6) is 0 Å². The summed E-state index contributed by atoms with van der Waals surface area (Å²) >= 11 is -0.358. The minimum atomic E-state index is -3.35. The van der Waals surface area contributed by atoms with Gasteiger partial charge in [0.15, 0.2) is 0 Å². The molecule has 1 heterocycles. The van der Waals surface area contributed by atoms with E-state index in [2.05, 4.69) is 10.2 Å². The molecule has 0 spiro atoms. The molecule has 0 aromatic carbocycles. The second-order valence-corrected chi connectivity index (χ2v) is 9.30. The fraction of sp³-hybridized carbons (Fsp3) is 0.778. The van der Waals surface area contributed by atoms with Gasteiger partial charge in [0.05, 0.1) is 5.75 Å². The summed E-state index contributed by atoms with van der Waals surface area (Å²) in [4.78, 5) is 0. The Labute approximate surface area is 109 Å². The fourth-order valence-electron chi connectivity index (χ4n) is 1.03. The van der Waals surface area contributed by atoms with Crippen molar-refractivity contribution in [1.29, 1.82) is 0 Å². The van der Waals surface area contributed by atoms with Crippen LogP contribution in [0.2, 0.25) is 0 Å². The Morgan fingerprint density at radius 3 is 2.59 bits per heavy atom. The number of aromatic nitrogens is 2. The summed E-state index contributed by atoms with van der Waals surface area (Å²) in [5, 5.41) is 7.24. The van der Waals surface area contributed by atoms with Crippen LogP contribution >= 0.6 is 11.3 Å². The van der Waals surface area contributed by atoms with Crippen molar-refractivity contribution in [2.45, 2.75) is 47.5 Å². The maximum atomic E-state index is 11.8. The minimum absolute atomic E-state index is 0.0186. The van der Waals surface area contributed by atoms with Crippen LogP contribution < -0.4 is 0 Å². The maximum Gasteiger partial charge on any atom is 0.323 e. The molecule has 0 bridgehead atoms. The quantitative estimate of drug-likeness (QED) is 0.745. The topological polar surface area (TPSA) is 83.0 Å². The molecule has 5 nitrogen and oxygen atoms in total. The summed E-state index contributed by atoms with van der Waals surface area (Å²) in [6.45, 7) is 5.51. The third kappa shape index (κ3) is 3.90. The molecule has 1 rings (SSSR count). The number of hydrogen-bond acceptors (Lipinski definition) is 6. The van der Waals surface area contributed by atoms with E-state index in [0.717, 1.165) is 17.8 Å². The van der Waals surface area contributed by atoms with Gasteiger partial charge in [-0.15, -0.1) is 5.10 Å². The summed E-state index contributed by atoms with van der Waals surface area (Å²) in [6.07, 6.45) is 1.41. The molecule has 0 N–H and O–H groups in total. The molecule has 0 saturated carbocycles. The van der Waals surface area contributed by atoms with Gasteiger partial charge in [0.1, 0.15) is 5.25 Å². The van der Waals surface area contributed by atoms with Gasteiger partial charge in [-0.2, -0.15) is 0 Å². The lowest BCUT2D eigenvalue weighted by Crippen LogP contribution is -2.13. The first-order valence-corrected chi connectivity index (χ1v) is 9.03. The van der Waals surface area contributed by atoms with Crippen molar-refractivity contribution in [2.75, 3.05) is 5.75 Å². The van der Waals surface area contributed by atoms with Crippen molar-refractivity contribution in [3.63, 3.8) is 0 Å². The maximum absolute atomic E-state index is 11.8. The van der Waals surface area contributed by atoms with Gasteiger partial charge in [0.2, 0.25) is 14.2 Å². The molecule has 98 valence electrons. The number of sulfone groups is 1. The molecular formula is C9H16N2O3S3. The average Bonchev–Trinajstić information content (AvgIpc) is 2.75. The highest BCUT2D eigenvalue weighted by Gasteiger charge is 2.26. The Bertz CT molecular complexity index is 456. The second-order valence-electron chi connectivity index (χ2n) is 3.85. The first-order chi connectivity index (χ1) is 7.88. The SMILES string of the molecule is CCCCS(=O)(=O)c1nnc([S+]([O-])C(C)C)s1. The van der Waals surface area contributed by atoms with E-state index in [-0.39, 0.29) is 19.7 Å². The molecule has 0 amide bonds. The van der Waals surface area contributed by atoms with Crippen LogP contribution in [0.3, 0.4) is 0 Å². The van der Waals surface area contributed by atoms with E-state index in [1.54, 1.807) is 13.8 Å². The summed E-state index contributed by atoms with van der Waals surface area (Å²) in [5.74, 6) is 0.0758. The second kappa shape index (κ2) is 6.12. The van der Waals surface area contributed by atoms with Crippen molar-refractivity contribution in [2.24, 2.45) is 0 Å². The van der Waals surface area contributed by atoms with Crippen LogP contribution in [0.15, 0.2) is 8.68 Å². The van der Waals surface area contributed by atoms with E-state index >= 15 is 0 Å². The lowest BCUT2D eigenvalue weighted by atomic mass is 10.4. The van der Waals surface area contributed by atoms with Gasteiger partial charge in [0, 0.05) is 11.2 Å². The van der Waals surface area contributed by atoms with E-state index in [1.165, 1.54) is 0 Å². The van der Waals surface area contributed by atoms with E-state index < -0.39 is 21.0 Å². The standard InChI is InChI=1S/C9H16N2O3S3/c1-4-5-6-17(13,14)9-11-10-8(15-9)16(12)7(2)3/h7H,4-6H2,1-3H3. The van der Waals surface area contributed by atoms with Crippen LogP contribution in [0.25, 0.3) is 0 Å². The first-order valence-electron chi connectivity index (χ1n) is 5.35. The van der Waals surface area contributed by atoms with E-state index in [4.69, 9.17) is 0 Å². The van der Waals surface area contributed by atoms with Crippen molar-refractivity contribution >= 4 is 32.3 Å². The predicted octanol–water partition coefficient (Wildman–Crippen LogP) is 1.63. The van der Waals surface area contributed by atoms with Gasteiger partial charge in [-0.3, -0.25) is 0 Å². The Morgan fingerprint density at radius 2 is 2.06 bits per heavy atom. The highest BCUT2D eigenvalue weighted by molar-refractivity contribution is 7.96. The molecule has 0 fully saturated rings. The normalized spacial score (nSPS) is 14.2. The lowest BCUT2D eigenvalue weighted by molar-refractivity contribution is 0.582. The monoisotopic (exact) mass is 296 g/mol. The molecule has 1 aromatic heterocycles. The number of unbranched alkanes of at least 4 members (excludes halogenated alkanes) is 1. The van der Waals surface area contributed by atoms with Gasteiger partial charge in [-0.25, -0.2) is 8.42 Å². The van der Waals surface area contributed by atoms with E-state index in [9.17, 15) is 13.0 Å². The zero-order valence-corrected chi connectivity index (χ0v) is 12.5. The van der Waals surface area contributed by atoms with E-state index in [1.807, 2.05) is 6.92 Å². The number of hydrogen-bond donors (Lipinski definition) is 0. The largest absolute Gasteiger partial charge is 0.609 e. The summed E-state index contributed by atoms with van der Waals surface area (Å²) < 4.78 is 35.6. The smallest absolute Gasteiger partial charge is 0.323 e. The number of nitrogens with zero attached hydrogens (tertiary/aromatic N) is 2. The molecule has 1 aromatic rings. The van der Waals surface area contributed by atoms with Gasteiger partial charge in [-0.05, 0) is 31.6 Å². The van der Waals surface area contributed by atoms with Crippen LogP contribution in [0.1, 0.15) is 33.6 Å². The van der Waals surface area contributed by atoms with Crippen molar-refractivity contribution in [3.8, 4) is 0 Å². The lowest BCUT2D eigenvalue weighted by Gasteiger charge is -2.08. The van der Waals surface area contributed by atoms with Crippen LogP contribution in [0, 0.1) is 0 Å². The molecule has 0 aliphatic carbocycles. The molecule has 17 heavy (non-hydrogen) atoms. The zero-order chi connectivity index (χ0) is 13.1. The van der Waals surface area contributed by atoms with Crippen LogP contribution in [-0.4, -0.2) is 34.2 Å². The van der Waals surface area contributed by atoms with Gasteiger partial charge >= 0.3 is 4.34 Å². The molecule has 0 aliphatic rings. The number of rotatable bonds is 6. The van der Waals surface area contributed by atoms with Crippen molar-refractivity contribution < 1.29 is 13.0 Å². The van der Waals surface area contributed by atoms with Crippen molar-refractivity contribution in [1.82, 2.24) is 10.2 Å². The molecule has 0 saturated heterocycles. The van der Waals surface area contributed by atoms with Gasteiger partial charge in [-0.1, -0.05) is 18.4 Å². The predicted molar refractivity (Wildman–Crippen MR) is 68.4 cm³/mol. The van der Waals surface area contributed by atoms with Crippen molar-refractivity contribution in [3.05, 3.63) is 0 Å².